The normalized spacial score (nSPS) is 12.8. The Hall–Kier alpha value is -0.823. The first kappa shape index (κ1) is 10.3. The summed E-state index contributed by atoms with van der Waals surface area (Å²) in [6, 6.07) is 9.89. The SMILES string of the molecule is CC(C[SiH3])=C(C)c1ccccc1C. The van der Waals surface area contributed by atoms with E-state index in [0.717, 1.165) is 0 Å². The van der Waals surface area contributed by atoms with Gasteiger partial charge in [0.2, 0.25) is 0 Å². The molecular formula is C12H18Si. The molecule has 1 rings (SSSR count). The Morgan fingerprint density at radius 3 is 2.38 bits per heavy atom. The molecule has 13 heavy (non-hydrogen) atoms. The average Bonchev–Trinajstić information content (AvgIpc) is 2.16. The molecule has 0 nitrogen and oxygen atoms in total. The summed E-state index contributed by atoms with van der Waals surface area (Å²) in [5.41, 5.74) is 5.80. The third-order valence-electron chi connectivity index (χ3n) is 2.72. The molecule has 1 heteroatoms. The van der Waals surface area contributed by atoms with Gasteiger partial charge in [0.15, 0.2) is 0 Å². The lowest BCUT2D eigenvalue weighted by Crippen LogP contribution is -1.88. The molecule has 0 amide bonds. The van der Waals surface area contributed by atoms with Gasteiger partial charge in [-0.1, -0.05) is 29.8 Å². The molecule has 0 fully saturated rings. The molecular weight excluding hydrogens is 172 g/mol. The predicted molar refractivity (Wildman–Crippen MR) is 64.2 cm³/mol. The van der Waals surface area contributed by atoms with Gasteiger partial charge in [0.25, 0.3) is 0 Å². The summed E-state index contributed by atoms with van der Waals surface area (Å²) in [5, 5.41) is 0. The molecule has 0 aliphatic rings. The van der Waals surface area contributed by atoms with Crippen molar-refractivity contribution in [1.82, 2.24) is 0 Å². The number of aryl methyl sites for hydroxylation is 1. The minimum Gasteiger partial charge on any atom is -0.0733 e. The number of hydrogen-bond donors (Lipinski definition) is 0. The van der Waals surface area contributed by atoms with E-state index < -0.39 is 0 Å². The first-order valence-electron chi connectivity index (χ1n) is 4.89. The van der Waals surface area contributed by atoms with E-state index in [0.29, 0.717) is 0 Å². The molecule has 0 saturated carbocycles. The number of hydrogen-bond acceptors (Lipinski definition) is 0. The van der Waals surface area contributed by atoms with Crippen LogP contribution in [0, 0.1) is 6.92 Å². The van der Waals surface area contributed by atoms with Gasteiger partial charge in [-0.15, -0.1) is 0 Å². The minimum atomic E-state index is 1.26. The lowest BCUT2D eigenvalue weighted by Gasteiger charge is -2.08. The highest BCUT2D eigenvalue weighted by Gasteiger charge is 2.01. The van der Waals surface area contributed by atoms with Crippen LogP contribution in [0.25, 0.3) is 5.57 Å². The van der Waals surface area contributed by atoms with Crippen LogP contribution in [-0.4, -0.2) is 10.2 Å². The fraction of sp³-hybridized carbons (Fsp3) is 0.333. The van der Waals surface area contributed by atoms with Crippen molar-refractivity contribution in [3.05, 3.63) is 41.0 Å². The van der Waals surface area contributed by atoms with Crippen LogP contribution in [0.5, 0.6) is 0 Å². The van der Waals surface area contributed by atoms with E-state index in [4.69, 9.17) is 0 Å². The van der Waals surface area contributed by atoms with Gasteiger partial charge >= 0.3 is 0 Å². The third-order valence-corrected chi connectivity index (χ3v) is 3.78. The van der Waals surface area contributed by atoms with E-state index in [-0.39, 0.29) is 0 Å². The van der Waals surface area contributed by atoms with Crippen molar-refractivity contribution in [3.63, 3.8) is 0 Å². The van der Waals surface area contributed by atoms with E-state index in [1.165, 1.54) is 33.0 Å². The summed E-state index contributed by atoms with van der Waals surface area (Å²) in [4.78, 5) is 0. The summed E-state index contributed by atoms with van der Waals surface area (Å²) in [6.07, 6.45) is 0. The van der Waals surface area contributed by atoms with Crippen LogP contribution in [0.2, 0.25) is 6.04 Å². The van der Waals surface area contributed by atoms with Crippen LogP contribution in [0.4, 0.5) is 0 Å². The summed E-state index contributed by atoms with van der Waals surface area (Å²) in [7, 11) is 1.26. The quantitative estimate of drug-likeness (QED) is 0.629. The highest BCUT2D eigenvalue weighted by atomic mass is 28.1. The van der Waals surface area contributed by atoms with E-state index in [9.17, 15) is 0 Å². The van der Waals surface area contributed by atoms with E-state index >= 15 is 0 Å². The second-order valence-electron chi connectivity index (χ2n) is 3.57. The van der Waals surface area contributed by atoms with Crippen LogP contribution in [-0.2, 0) is 0 Å². The van der Waals surface area contributed by atoms with Gasteiger partial charge in [0, 0.05) is 10.2 Å². The molecule has 0 unspecified atom stereocenters. The molecule has 0 aliphatic heterocycles. The summed E-state index contributed by atoms with van der Waals surface area (Å²) >= 11 is 0. The predicted octanol–water partition coefficient (Wildman–Crippen LogP) is 2.57. The fourth-order valence-electron chi connectivity index (χ4n) is 1.49. The molecule has 0 radical (unpaired) electrons. The molecule has 0 aromatic heterocycles. The van der Waals surface area contributed by atoms with Crippen molar-refractivity contribution in [3.8, 4) is 0 Å². The van der Waals surface area contributed by atoms with Gasteiger partial charge < -0.3 is 0 Å². The summed E-state index contributed by atoms with van der Waals surface area (Å²) in [6.45, 7) is 6.66. The Labute approximate surface area is 84.1 Å². The van der Waals surface area contributed by atoms with Crippen molar-refractivity contribution in [2.75, 3.05) is 0 Å². The lowest BCUT2D eigenvalue weighted by molar-refractivity contribution is 1.33. The maximum atomic E-state index is 2.24. The standard InChI is InChI=1S/C12H18Si/c1-9-6-4-5-7-12(9)11(3)10(2)8-13/h4-7H,8H2,1-3,13H3. The van der Waals surface area contributed by atoms with Gasteiger partial charge in [-0.3, -0.25) is 0 Å². The smallest absolute Gasteiger partial charge is 0.00791 e. The van der Waals surface area contributed by atoms with E-state index in [1.54, 1.807) is 5.57 Å². The lowest BCUT2D eigenvalue weighted by atomic mass is 9.99. The van der Waals surface area contributed by atoms with Crippen LogP contribution < -0.4 is 0 Å². The fourth-order valence-corrected chi connectivity index (χ4v) is 2.02. The average molecular weight is 190 g/mol. The van der Waals surface area contributed by atoms with E-state index in [2.05, 4.69) is 45.0 Å². The first-order chi connectivity index (χ1) is 6.16. The zero-order valence-corrected chi connectivity index (χ0v) is 11.0. The monoisotopic (exact) mass is 190 g/mol. The van der Waals surface area contributed by atoms with Crippen molar-refractivity contribution < 1.29 is 0 Å². The molecule has 1 aromatic rings. The minimum absolute atomic E-state index is 1.26. The van der Waals surface area contributed by atoms with Gasteiger partial charge in [-0.05, 0) is 43.5 Å². The second kappa shape index (κ2) is 4.42. The zero-order valence-electron chi connectivity index (χ0n) is 9.02. The third kappa shape index (κ3) is 2.31. The van der Waals surface area contributed by atoms with Crippen molar-refractivity contribution in [2.45, 2.75) is 26.8 Å². The Kier molecular flexibility index (Phi) is 3.49. The van der Waals surface area contributed by atoms with Crippen LogP contribution >= 0.6 is 0 Å². The zero-order chi connectivity index (χ0) is 9.84. The Morgan fingerprint density at radius 1 is 1.23 bits per heavy atom. The van der Waals surface area contributed by atoms with Crippen LogP contribution in [0.1, 0.15) is 25.0 Å². The number of allylic oxidation sites excluding steroid dienone is 2. The molecule has 0 aliphatic carbocycles. The van der Waals surface area contributed by atoms with Crippen molar-refractivity contribution >= 4 is 15.8 Å². The molecule has 0 spiro atoms. The Balaban J connectivity index is 3.16. The first-order valence-corrected chi connectivity index (χ1v) is 6.30. The number of benzene rings is 1. The second-order valence-corrected chi connectivity index (χ2v) is 4.28. The Bertz CT molecular complexity index is 324. The molecule has 70 valence electrons. The van der Waals surface area contributed by atoms with E-state index in [1.807, 2.05) is 0 Å². The highest BCUT2D eigenvalue weighted by molar-refractivity contribution is 6.10. The Morgan fingerprint density at radius 2 is 1.85 bits per heavy atom. The van der Waals surface area contributed by atoms with Crippen LogP contribution in [0.15, 0.2) is 29.8 Å². The topological polar surface area (TPSA) is 0 Å². The van der Waals surface area contributed by atoms with Crippen LogP contribution in [0.3, 0.4) is 0 Å². The molecule has 0 saturated heterocycles. The van der Waals surface area contributed by atoms with Crippen molar-refractivity contribution in [1.29, 1.82) is 0 Å². The van der Waals surface area contributed by atoms with Gasteiger partial charge in [-0.2, -0.15) is 0 Å². The molecule has 1 aromatic carbocycles. The maximum absolute atomic E-state index is 2.24. The largest absolute Gasteiger partial charge is 0.0733 e. The maximum Gasteiger partial charge on any atom is 0.00791 e. The highest BCUT2D eigenvalue weighted by Crippen LogP contribution is 2.22. The summed E-state index contributed by atoms with van der Waals surface area (Å²) in [5.74, 6) is 0. The number of rotatable bonds is 2. The van der Waals surface area contributed by atoms with Gasteiger partial charge in [-0.25, -0.2) is 0 Å². The molecule has 0 heterocycles. The molecule has 0 N–H and O–H groups in total. The summed E-state index contributed by atoms with van der Waals surface area (Å²) < 4.78 is 0. The van der Waals surface area contributed by atoms with Crippen molar-refractivity contribution in [2.24, 2.45) is 0 Å². The molecule has 0 atom stereocenters. The molecule has 0 bridgehead atoms. The van der Waals surface area contributed by atoms with Gasteiger partial charge in [0.1, 0.15) is 0 Å². The van der Waals surface area contributed by atoms with Gasteiger partial charge in [0.05, 0.1) is 0 Å².